The fraction of sp³-hybridized carbons (Fsp3) is 0.562. The zero-order valence-corrected chi connectivity index (χ0v) is 12.3. The van der Waals surface area contributed by atoms with Crippen molar-refractivity contribution < 1.29 is 4.79 Å². The molecule has 110 valence electrons. The van der Waals surface area contributed by atoms with Gasteiger partial charge in [0.2, 0.25) is 5.91 Å². The summed E-state index contributed by atoms with van der Waals surface area (Å²) >= 11 is 0. The van der Waals surface area contributed by atoms with Crippen LogP contribution in [0.15, 0.2) is 30.3 Å². The summed E-state index contributed by atoms with van der Waals surface area (Å²) < 4.78 is 0. The Morgan fingerprint density at radius 1 is 1.20 bits per heavy atom. The van der Waals surface area contributed by atoms with Crippen molar-refractivity contribution in [2.45, 2.75) is 31.2 Å². The van der Waals surface area contributed by atoms with E-state index in [0.717, 1.165) is 18.7 Å². The van der Waals surface area contributed by atoms with Gasteiger partial charge in [-0.2, -0.15) is 0 Å². The van der Waals surface area contributed by atoms with Gasteiger partial charge in [-0.3, -0.25) is 4.79 Å². The lowest BCUT2D eigenvalue weighted by Crippen LogP contribution is -2.58. The number of amides is 1. The zero-order chi connectivity index (χ0) is 14.4. The Labute approximate surface area is 121 Å². The highest BCUT2D eigenvalue weighted by atomic mass is 16.1. The molecule has 0 radical (unpaired) electrons. The highest BCUT2D eigenvalue weighted by Gasteiger charge is 2.38. The Morgan fingerprint density at radius 2 is 1.80 bits per heavy atom. The van der Waals surface area contributed by atoms with E-state index in [4.69, 9.17) is 5.73 Å². The lowest BCUT2D eigenvalue weighted by molar-refractivity contribution is -0.125. The third-order valence-electron chi connectivity index (χ3n) is 4.27. The average molecular weight is 275 g/mol. The molecule has 1 aromatic carbocycles. The zero-order valence-electron chi connectivity index (χ0n) is 12.3. The fourth-order valence-corrected chi connectivity index (χ4v) is 3.01. The van der Waals surface area contributed by atoms with Crippen molar-refractivity contribution in [3.8, 4) is 0 Å². The van der Waals surface area contributed by atoms with Crippen LogP contribution in [0, 0.1) is 0 Å². The smallest absolute Gasteiger partial charge is 0.243 e. The van der Waals surface area contributed by atoms with Crippen molar-refractivity contribution in [2.75, 3.05) is 26.7 Å². The van der Waals surface area contributed by atoms with Crippen molar-refractivity contribution in [1.29, 1.82) is 0 Å². The number of rotatable bonds is 5. The molecule has 20 heavy (non-hydrogen) atoms. The predicted octanol–water partition coefficient (Wildman–Crippen LogP) is 1.46. The number of hydrogen-bond acceptors (Lipinski definition) is 3. The van der Waals surface area contributed by atoms with Crippen LogP contribution in [-0.2, 0) is 10.3 Å². The monoisotopic (exact) mass is 275 g/mol. The first-order chi connectivity index (χ1) is 9.69. The molecular formula is C16H25N3O. The summed E-state index contributed by atoms with van der Waals surface area (Å²) in [7, 11) is 1.82. The van der Waals surface area contributed by atoms with E-state index in [1.165, 1.54) is 25.7 Å². The number of carbonyl (C=O) groups excluding carboxylic acids is 1. The molecule has 0 bridgehead atoms. The van der Waals surface area contributed by atoms with E-state index in [1.807, 2.05) is 37.4 Å². The number of nitrogens with one attached hydrogen (secondary N) is 1. The van der Waals surface area contributed by atoms with Crippen molar-refractivity contribution in [1.82, 2.24) is 10.2 Å². The first kappa shape index (κ1) is 15.0. The summed E-state index contributed by atoms with van der Waals surface area (Å²) in [6.07, 6.45) is 4.97. The number of nitrogens with two attached hydrogens (primary N) is 1. The van der Waals surface area contributed by atoms with Crippen molar-refractivity contribution in [2.24, 2.45) is 5.73 Å². The van der Waals surface area contributed by atoms with Gasteiger partial charge in [-0.05, 0) is 38.5 Å². The third kappa shape index (κ3) is 3.19. The third-order valence-corrected chi connectivity index (χ3v) is 4.27. The molecule has 1 aliphatic rings. The molecule has 4 nitrogen and oxygen atoms in total. The molecule has 0 aromatic heterocycles. The minimum Gasteiger partial charge on any atom is -0.368 e. The molecular weight excluding hydrogens is 250 g/mol. The summed E-state index contributed by atoms with van der Waals surface area (Å²) in [6.45, 7) is 2.73. The van der Waals surface area contributed by atoms with Gasteiger partial charge in [0.25, 0.3) is 0 Å². The van der Waals surface area contributed by atoms with E-state index in [9.17, 15) is 4.79 Å². The first-order valence-corrected chi connectivity index (χ1v) is 7.46. The maximum atomic E-state index is 12.1. The van der Waals surface area contributed by atoms with Crippen LogP contribution < -0.4 is 11.1 Å². The van der Waals surface area contributed by atoms with Gasteiger partial charge < -0.3 is 16.0 Å². The van der Waals surface area contributed by atoms with Gasteiger partial charge in [0, 0.05) is 6.54 Å². The molecule has 3 N–H and O–H groups in total. The van der Waals surface area contributed by atoms with Crippen molar-refractivity contribution in [3.05, 3.63) is 35.9 Å². The van der Waals surface area contributed by atoms with Crippen LogP contribution in [0.2, 0.25) is 0 Å². The maximum absolute atomic E-state index is 12.1. The van der Waals surface area contributed by atoms with Crippen LogP contribution in [0.25, 0.3) is 0 Å². The molecule has 1 atom stereocenters. The molecule has 1 fully saturated rings. The van der Waals surface area contributed by atoms with Gasteiger partial charge in [0.15, 0.2) is 0 Å². The van der Waals surface area contributed by atoms with E-state index >= 15 is 0 Å². The number of primary amides is 1. The molecule has 0 saturated carbocycles. The molecule has 4 heteroatoms. The van der Waals surface area contributed by atoms with Crippen LogP contribution in [0.5, 0.6) is 0 Å². The van der Waals surface area contributed by atoms with Gasteiger partial charge in [-0.1, -0.05) is 43.2 Å². The van der Waals surface area contributed by atoms with Crippen LogP contribution >= 0.6 is 0 Å². The van der Waals surface area contributed by atoms with E-state index in [1.54, 1.807) is 0 Å². The quantitative estimate of drug-likeness (QED) is 0.855. The van der Waals surface area contributed by atoms with E-state index < -0.39 is 5.54 Å². The largest absolute Gasteiger partial charge is 0.368 e. The average Bonchev–Trinajstić information content (AvgIpc) is 2.74. The highest BCUT2D eigenvalue weighted by Crippen LogP contribution is 2.23. The second kappa shape index (κ2) is 6.86. The van der Waals surface area contributed by atoms with Crippen molar-refractivity contribution in [3.63, 3.8) is 0 Å². The van der Waals surface area contributed by atoms with Gasteiger partial charge >= 0.3 is 0 Å². The number of carbonyl (C=O) groups is 1. The highest BCUT2D eigenvalue weighted by molar-refractivity contribution is 5.86. The standard InChI is InChI=1S/C16H25N3O/c1-18-16(15(17)20,14-9-5-4-6-10-14)13-19-11-7-2-3-8-12-19/h4-6,9-10,18H,2-3,7-8,11-13H2,1H3,(H2,17,20). The van der Waals surface area contributed by atoms with Gasteiger partial charge in [-0.15, -0.1) is 0 Å². The molecule has 1 aliphatic heterocycles. The number of likely N-dealkylation sites (N-methyl/N-ethyl adjacent to an activating group) is 1. The Morgan fingerprint density at radius 3 is 2.30 bits per heavy atom. The minimum atomic E-state index is -0.800. The summed E-state index contributed by atoms with van der Waals surface area (Å²) in [5.41, 5.74) is 5.89. The van der Waals surface area contributed by atoms with Gasteiger partial charge in [-0.25, -0.2) is 0 Å². The topological polar surface area (TPSA) is 58.4 Å². The molecule has 1 aromatic rings. The lowest BCUT2D eigenvalue weighted by Gasteiger charge is -2.36. The van der Waals surface area contributed by atoms with E-state index in [2.05, 4.69) is 10.2 Å². The molecule has 1 heterocycles. The predicted molar refractivity (Wildman–Crippen MR) is 81.3 cm³/mol. The molecule has 2 rings (SSSR count). The van der Waals surface area contributed by atoms with Crippen LogP contribution in [0.4, 0.5) is 0 Å². The first-order valence-electron chi connectivity index (χ1n) is 7.46. The van der Waals surface area contributed by atoms with E-state index in [0.29, 0.717) is 6.54 Å². The summed E-state index contributed by atoms with van der Waals surface area (Å²) in [5, 5.41) is 3.18. The SMILES string of the molecule is CNC(CN1CCCCCC1)(C(N)=O)c1ccccc1. The molecule has 0 aliphatic carbocycles. The number of likely N-dealkylation sites (tertiary alicyclic amines) is 1. The fourth-order valence-electron chi connectivity index (χ4n) is 3.01. The Hall–Kier alpha value is -1.39. The molecule has 1 saturated heterocycles. The van der Waals surface area contributed by atoms with Crippen LogP contribution in [0.3, 0.4) is 0 Å². The lowest BCUT2D eigenvalue weighted by atomic mass is 9.88. The number of hydrogen-bond donors (Lipinski definition) is 2. The van der Waals surface area contributed by atoms with E-state index in [-0.39, 0.29) is 5.91 Å². The summed E-state index contributed by atoms with van der Waals surface area (Å²) in [6, 6.07) is 9.80. The number of benzene rings is 1. The second-order valence-electron chi connectivity index (χ2n) is 5.58. The van der Waals surface area contributed by atoms with Crippen LogP contribution in [-0.4, -0.2) is 37.5 Å². The normalized spacial score (nSPS) is 20.1. The summed E-state index contributed by atoms with van der Waals surface area (Å²) in [5.74, 6) is -0.310. The Bertz CT molecular complexity index is 427. The number of nitrogens with zero attached hydrogens (tertiary/aromatic N) is 1. The minimum absolute atomic E-state index is 0.310. The Balaban J connectivity index is 2.25. The van der Waals surface area contributed by atoms with Crippen molar-refractivity contribution >= 4 is 5.91 Å². The molecule has 1 unspecified atom stereocenters. The molecule has 1 amide bonds. The second-order valence-corrected chi connectivity index (χ2v) is 5.58. The molecule has 0 spiro atoms. The van der Waals surface area contributed by atoms with Gasteiger partial charge in [0.05, 0.1) is 0 Å². The van der Waals surface area contributed by atoms with Crippen LogP contribution in [0.1, 0.15) is 31.2 Å². The maximum Gasteiger partial charge on any atom is 0.243 e. The Kier molecular flexibility index (Phi) is 5.15. The summed E-state index contributed by atoms with van der Waals surface area (Å²) in [4.78, 5) is 14.5. The van der Waals surface area contributed by atoms with Gasteiger partial charge in [0.1, 0.15) is 5.54 Å².